The number of benzene rings is 7. The Labute approximate surface area is 293 Å². The summed E-state index contributed by atoms with van der Waals surface area (Å²) in [6, 6.07) is 54.7. The number of fused-ring (bicyclic) bond motifs is 6. The first-order valence-corrected chi connectivity index (χ1v) is 18.8. The first-order chi connectivity index (χ1) is 24.5. The number of hydrogen-bond acceptors (Lipinski definition) is 6. The van der Waals surface area contributed by atoms with E-state index in [0.717, 1.165) is 60.0 Å². The maximum absolute atomic E-state index is 14.5. The zero-order chi connectivity index (χ0) is 33.4. The number of anilines is 5. The van der Waals surface area contributed by atoms with Gasteiger partial charge in [-0.05, 0) is 89.5 Å². The normalized spacial score (nSPS) is 16.0. The summed E-state index contributed by atoms with van der Waals surface area (Å²) in [5.74, 6) is 0. The van der Waals surface area contributed by atoms with Crippen molar-refractivity contribution in [2.45, 2.75) is 20.1 Å². The van der Waals surface area contributed by atoms with Crippen molar-refractivity contribution in [1.82, 2.24) is 0 Å². The summed E-state index contributed by atoms with van der Waals surface area (Å²) in [7, 11) is -3.78. The minimum Gasteiger partial charge on any atom is -0.456 e. The smallest absolute Gasteiger partial charge is 0.206 e. The Balaban J connectivity index is 1.11. The van der Waals surface area contributed by atoms with Gasteiger partial charge in [-0.25, -0.2) is 8.42 Å². The van der Waals surface area contributed by atoms with Gasteiger partial charge in [-0.2, -0.15) is 0 Å². The van der Waals surface area contributed by atoms with Crippen molar-refractivity contribution < 1.29 is 12.8 Å². The molecule has 0 aliphatic carbocycles. The second kappa shape index (κ2) is 11.1. The molecule has 0 saturated heterocycles. The van der Waals surface area contributed by atoms with Crippen LogP contribution in [0, 0.1) is 0 Å². The molecular weight excluding hydrogens is 657 g/mol. The zero-order valence-electron chi connectivity index (χ0n) is 26.6. The van der Waals surface area contributed by atoms with Crippen molar-refractivity contribution in [1.29, 1.82) is 0 Å². The van der Waals surface area contributed by atoms with E-state index in [9.17, 15) is 8.42 Å². The predicted molar refractivity (Wildman–Crippen MR) is 203 cm³/mol. The molecule has 1 unspecified atom stereocenters. The van der Waals surface area contributed by atoms with Crippen molar-refractivity contribution in [2.75, 3.05) is 9.80 Å². The third-order valence-electron chi connectivity index (χ3n) is 9.67. The van der Waals surface area contributed by atoms with Crippen molar-refractivity contribution in [2.24, 2.45) is 0 Å². The molecule has 2 aliphatic rings. The molecule has 1 atom stereocenters. The lowest BCUT2D eigenvalue weighted by molar-refractivity contribution is 0.589. The first-order valence-electron chi connectivity index (χ1n) is 16.4. The quantitative estimate of drug-likeness (QED) is 0.184. The molecule has 0 spiro atoms. The van der Waals surface area contributed by atoms with Crippen molar-refractivity contribution >= 4 is 72.0 Å². The fourth-order valence-electron chi connectivity index (χ4n) is 7.39. The largest absolute Gasteiger partial charge is 0.456 e. The van der Waals surface area contributed by atoms with E-state index in [2.05, 4.69) is 89.8 Å². The summed E-state index contributed by atoms with van der Waals surface area (Å²) in [4.78, 5) is 6.67. The highest BCUT2D eigenvalue weighted by atomic mass is 32.2. The highest BCUT2D eigenvalue weighted by molar-refractivity contribution is 7.99. The molecule has 50 heavy (non-hydrogen) atoms. The Morgan fingerprint density at radius 3 is 2.04 bits per heavy atom. The monoisotopic (exact) mass is 684 g/mol. The lowest BCUT2D eigenvalue weighted by Crippen LogP contribution is -2.24. The summed E-state index contributed by atoms with van der Waals surface area (Å²) in [6.45, 7) is 0. The molecule has 0 N–H and O–H groups in total. The van der Waals surface area contributed by atoms with Gasteiger partial charge in [0.25, 0.3) is 0 Å². The molecule has 0 saturated carbocycles. The Morgan fingerprint density at radius 1 is 0.520 bits per heavy atom. The number of nitrogens with zero attached hydrogens (tertiary/aromatic N) is 2. The molecule has 7 aromatic carbocycles. The van der Waals surface area contributed by atoms with Crippen LogP contribution in [0.2, 0.25) is 0 Å². The van der Waals surface area contributed by atoms with Crippen LogP contribution in [-0.4, -0.2) is 8.42 Å². The van der Waals surface area contributed by atoms with Crippen LogP contribution in [0.4, 0.5) is 28.4 Å². The minimum absolute atomic E-state index is 0.331. The van der Waals surface area contributed by atoms with Crippen LogP contribution in [0.1, 0.15) is 10.9 Å². The number of sulfone groups is 1. The molecule has 7 heteroatoms. The van der Waals surface area contributed by atoms with Gasteiger partial charge in [-0.15, -0.1) is 0 Å². The molecule has 5 nitrogen and oxygen atoms in total. The molecule has 8 aromatic rings. The minimum atomic E-state index is -3.78. The van der Waals surface area contributed by atoms with Gasteiger partial charge in [0, 0.05) is 31.9 Å². The van der Waals surface area contributed by atoms with Gasteiger partial charge in [0.1, 0.15) is 11.2 Å². The summed E-state index contributed by atoms with van der Waals surface area (Å²) >= 11 is 1.67. The van der Waals surface area contributed by atoms with E-state index >= 15 is 0 Å². The standard InChI is InChI=1S/C43H28N2O3S2/c46-50(47)42-17-9-6-14-37(42)45(32-23-25-39-34(27-32)33-12-4-7-15-38(33)48-39)43(50)30-20-24-36-41(26-30)49-40-16-8-5-13-35(40)44(36)31-21-18-29(19-22-31)28-10-2-1-3-11-28/h1-27,43H. The molecular formula is C43H28N2O3S2. The molecule has 240 valence electrons. The van der Waals surface area contributed by atoms with Gasteiger partial charge in [-0.3, -0.25) is 0 Å². The van der Waals surface area contributed by atoms with Crippen molar-refractivity contribution in [3.8, 4) is 11.1 Å². The number of para-hydroxylation sites is 3. The molecule has 0 bridgehead atoms. The lowest BCUT2D eigenvalue weighted by Gasteiger charge is -2.34. The fourth-order valence-corrected chi connectivity index (χ4v) is 10.5. The molecule has 10 rings (SSSR count). The third-order valence-corrected chi connectivity index (χ3v) is 12.8. The maximum Gasteiger partial charge on any atom is 0.206 e. The molecule has 1 aromatic heterocycles. The van der Waals surface area contributed by atoms with Crippen LogP contribution in [0.5, 0.6) is 0 Å². The number of furan rings is 1. The van der Waals surface area contributed by atoms with Gasteiger partial charge in [0.2, 0.25) is 9.84 Å². The van der Waals surface area contributed by atoms with E-state index in [4.69, 9.17) is 4.42 Å². The molecule has 3 heterocycles. The third kappa shape index (κ3) is 4.44. The second-order valence-electron chi connectivity index (χ2n) is 12.6. The molecule has 0 radical (unpaired) electrons. The summed E-state index contributed by atoms with van der Waals surface area (Å²) in [5.41, 5.74) is 9.19. The van der Waals surface area contributed by atoms with Gasteiger partial charge >= 0.3 is 0 Å². The van der Waals surface area contributed by atoms with Crippen LogP contribution < -0.4 is 9.80 Å². The Kier molecular flexibility index (Phi) is 6.50. The number of hydrogen-bond donors (Lipinski definition) is 0. The molecule has 0 fully saturated rings. The SMILES string of the molecule is O=S1(=O)c2ccccc2N(c2ccc3oc4ccccc4c3c2)C1c1ccc2c(c1)Sc1ccccc1N2c1ccc(-c2ccccc2)cc1. The average molecular weight is 685 g/mol. The summed E-state index contributed by atoms with van der Waals surface area (Å²) in [5, 5.41) is 0.999. The highest BCUT2D eigenvalue weighted by Crippen LogP contribution is 2.55. The predicted octanol–water partition coefficient (Wildman–Crippen LogP) is 11.8. The van der Waals surface area contributed by atoms with Gasteiger partial charge in [0.15, 0.2) is 5.37 Å². The first kappa shape index (κ1) is 29.2. The summed E-state index contributed by atoms with van der Waals surface area (Å²) < 4.78 is 35.2. The Hall–Kier alpha value is -5.76. The van der Waals surface area contributed by atoms with Crippen LogP contribution in [-0.2, 0) is 9.84 Å². The number of rotatable bonds is 4. The summed E-state index contributed by atoms with van der Waals surface area (Å²) in [6.07, 6.45) is 0. The van der Waals surface area contributed by atoms with E-state index in [1.807, 2.05) is 71.6 Å². The Bertz CT molecular complexity index is 2720. The van der Waals surface area contributed by atoms with Crippen molar-refractivity contribution in [3.05, 3.63) is 169 Å². The van der Waals surface area contributed by atoms with E-state index in [0.29, 0.717) is 16.1 Å². The van der Waals surface area contributed by atoms with Crippen LogP contribution in [0.15, 0.2) is 183 Å². The van der Waals surface area contributed by atoms with Crippen molar-refractivity contribution in [3.63, 3.8) is 0 Å². The zero-order valence-corrected chi connectivity index (χ0v) is 28.2. The van der Waals surface area contributed by atoms with Gasteiger partial charge in [0.05, 0.1) is 22.0 Å². The highest BCUT2D eigenvalue weighted by Gasteiger charge is 2.45. The fraction of sp³-hybridized carbons (Fsp3) is 0.0233. The van der Waals surface area contributed by atoms with E-state index in [1.54, 1.807) is 23.9 Å². The topological polar surface area (TPSA) is 53.8 Å². The van der Waals surface area contributed by atoms with E-state index in [1.165, 1.54) is 5.56 Å². The Morgan fingerprint density at radius 2 is 1.18 bits per heavy atom. The second-order valence-corrected chi connectivity index (χ2v) is 15.6. The maximum atomic E-state index is 14.5. The average Bonchev–Trinajstić information content (AvgIpc) is 3.65. The van der Waals surface area contributed by atoms with E-state index < -0.39 is 15.2 Å². The van der Waals surface area contributed by atoms with E-state index in [-0.39, 0.29) is 0 Å². The lowest BCUT2D eigenvalue weighted by atomic mass is 10.0. The van der Waals surface area contributed by atoms with Crippen LogP contribution >= 0.6 is 11.8 Å². The van der Waals surface area contributed by atoms with Gasteiger partial charge < -0.3 is 14.2 Å². The van der Waals surface area contributed by atoms with Crippen LogP contribution in [0.3, 0.4) is 0 Å². The molecule has 0 amide bonds. The van der Waals surface area contributed by atoms with Crippen LogP contribution in [0.25, 0.3) is 33.1 Å². The molecule has 2 aliphatic heterocycles. The van der Waals surface area contributed by atoms with Gasteiger partial charge in [-0.1, -0.05) is 103 Å².